The van der Waals surface area contributed by atoms with Crippen molar-refractivity contribution in [3.05, 3.63) is 69.8 Å². The molecule has 3 atom stereocenters. The van der Waals surface area contributed by atoms with Gasteiger partial charge in [0.2, 0.25) is 0 Å². The first-order chi connectivity index (χ1) is 10.7. The molecule has 0 radical (unpaired) electrons. The van der Waals surface area contributed by atoms with Crippen LogP contribution in [-0.2, 0) is 4.74 Å². The number of benzene rings is 2. The van der Waals surface area contributed by atoms with Gasteiger partial charge in [0.05, 0.1) is 17.1 Å². The third-order valence-electron chi connectivity index (χ3n) is 4.61. The zero-order chi connectivity index (χ0) is 15.1. The maximum absolute atomic E-state index is 10.8. The Morgan fingerprint density at radius 3 is 2.68 bits per heavy atom. The number of nitro groups is 1. The van der Waals surface area contributed by atoms with Crippen molar-refractivity contribution in [3.8, 4) is 0 Å². The van der Waals surface area contributed by atoms with Crippen LogP contribution in [-0.4, -0.2) is 11.5 Å². The maximum atomic E-state index is 10.8. The minimum atomic E-state index is -0.366. The lowest BCUT2D eigenvalue weighted by molar-refractivity contribution is -0.384. The molecule has 0 amide bonds. The molecular weight excluding hydrogens is 280 g/mol. The monoisotopic (exact) mass is 296 g/mol. The minimum absolute atomic E-state index is 0.109. The summed E-state index contributed by atoms with van der Waals surface area (Å²) in [6.07, 6.45) is 1.10. The summed E-state index contributed by atoms with van der Waals surface area (Å²) in [7, 11) is 0. The second-order valence-corrected chi connectivity index (χ2v) is 5.80. The van der Waals surface area contributed by atoms with Crippen LogP contribution in [0.15, 0.2) is 48.5 Å². The quantitative estimate of drug-likeness (QED) is 0.675. The van der Waals surface area contributed by atoms with Gasteiger partial charge in [-0.3, -0.25) is 10.1 Å². The molecule has 5 heteroatoms. The first-order valence-electron chi connectivity index (χ1n) is 7.45. The highest BCUT2D eigenvalue weighted by molar-refractivity contribution is 5.57. The van der Waals surface area contributed by atoms with Gasteiger partial charge in [0, 0.05) is 35.9 Å². The molecule has 0 saturated carbocycles. The molecule has 4 rings (SSSR count). The standard InChI is InChI=1S/C17H16N2O3/c20-19(21)12-7-5-11(6-8-12)16-14-9-10-22-17(14)13-3-1-2-4-15(13)18-16/h1-8,14,16-18H,9-10H2/t14-,16-,17+/m0/s1. The first-order valence-corrected chi connectivity index (χ1v) is 7.45. The molecule has 0 spiro atoms. The number of para-hydroxylation sites is 1. The lowest BCUT2D eigenvalue weighted by Crippen LogP contribution is -2.29. The van der Waals surface area contributed by atoms with Crippen molar-refractivity contribution < 1.29 is 9.66 Å². The maximum Gasteiger partial charge on any atom is 0.269 e. The largest absolute Gasteiger partial charge is 0.378 e. The van der Waals surface area contributed by atoms with Gasteiger partial charge < -0.3 is 10.1 Å². The number of fused-ring (bicyclic) bond motifs is 3. The second-order valence-electron chi connectivity index (χ2n) is 5.80. The van der Waals surface area contributed by atoms with Crippen molar-refractivity contribution in [2.75, 3.05) is 11.9 Å². The summed E-state index contributed by atoms with van der Waals surface area (Å²) in [5.41, 5.74) is 3.50. The fourth-order valence-electron chi connectivity index (χ4n) is 3.55. The molecule has 2 heterocycles. The van der Waals surface area contributed by atoms with Crippen molar-refractivity contribution in [1.29, 1.82) is 0 Å². The van der Waals surface area contributed by atoms with Crippen LogP contribution in [0.2, 0.25) is 0 Å². The molecule has 1 saturated heterocycles. The van der Waals surface area contributed by atoms with E-state index in [-0.39, 0.29) is 22.8 Å². The van der Waals surface area contributed by atoms with Crippen LogP contribution in [0.3, 0.4) is 0 Å². The average molecular weight is 296 g/mol. The Balaban J connectivity index is 1.71. The van der Waals surface area contributed by atoms with E-state index >= 15 is 0 Å². The van der Waals surface area contributed by atoms with E-state index in [4.69, 9.17) is 4.74 Å². The van der Waals surface area contributed by atoms with E-state index in [1.807, 2.05) is 24.3 Å². The summed E-state index contributed by atoms with van der Waals surface area (Å²) < 4.78 is 5.95. The van der Waals surface area contributed by atoms with E-state index in [0.717, 1.165) is 24.3 Å². The molecule has 2 aliphatic rings. The fourth-order valence-corrected chi connectivity index (χ4v) is 3.55. The van der Waals surface area contributed by atoms with E-state index < -0.39 is 0 Å². The molecule has 0 aromatic heterocycles. The minimum Gasteiger partial charge on any atom is -0.378 e. The van der Waals surface area contributed by atoms with E-state index in [0.29, 0.717) is 5.92 Å². The number of non-ortho nitro benzene ring substituents is 1. The third kappa shape index (κ3) is 2.05. The Morgan fingerprint density at radius 1 is 1.14 bits per heavy atom. The van der Waals surface area contributed by atoms with Gasteiger partial charge in [0.25, 0.3) is 5.69 Å². The number of hydrogen-bond acceptors (Lipinski definition) is 4. The third-order valence-corrected chi connectivity index (χ3v) is 4.61. The topological polar surface area (TPSA) is 64.4 Å². The molecule has 1 N–H and O–H groups in total. The molecule has 112 valence electrons. The molecule has 22 heavy (non-hydrogen) atoms. The number of nitro benzene ring substituents is 1. The van der Waals surface area contributed by atoms with Crippen LogP contribution in [0.25, 0.3) is 0 Å². The van der Waals surface area contributed by atoms with Gasteiger partial charge in [-0.15, -0.1) is 0 Å². The second kappa shape index (κ2) is 5.10. The Bertz CT molecular complexity index is 714. The van der Waals surface area contributed by atoms with Gasteiger partial charge in [-0.05, 0) is 18.1 Å². The number of nitrogens with one attached hydrogen (secondary N) is 1. The lowest BCUT2D eigenvalue weighted by atomic mass is 9.81. The SMILES string of the molecule is O=[N+]([O-])c1ccc([C@@H]2Nc3ccccc3[C@H]3OCC[C@H]32)cc1. The number of anilines is 1. The molecule has 2 aromatic carbocycles. The predicted octanol–water partition coefficient (Wildman–Crippen LogP) is 3.84. The van der Waals surface area contributed by atoms with Gasteiger partial charge in [-0.1, -0.05) is 30.3 Å². The number of ether oxygens (including phenoxy) is 1. The molecular formula is C17H16N2O3. The Morgan fingerprint density at radius 2 is 1.91 bits per heavy atom. The fraction of sp³-hybridized carbons (Fsp3) is 0.294. The van der Waals surface area contributed by atoms with Gasteiger partial charge in [0.1, 0.15) is 0 Å². The van der Waals surface area contributed by atoms with Crippen LogP contribution in [0.4, 0.5) is 11.4 Å². The summed E-state index contributed by atoms with van der Waals surface area (Å²) in [5, 5.41) is 14.4. The zero-order valence-corrected chi connectivity index (χ0v) is 11.9. The van der Waals surface area contributed by atoms with Crippen LogP contribution < -0.4 is 5.32 Å². The number of hydrogen-bond donors (Lipinski definition) is 1. The van der Waals surface area contributed by atoms with Crippen LogP contribution in [0.1, 0.15) is 29.7 Å². The van der Waals surface area contributed by atoms with Gasteiger partial charge >= 0.3 is 0 Å². The summed E-state index contributed by atoms with van der Waals surface area (Å²) in [6.45, 7) is 0.759. The molecule has 0 unspecified atom stereocenters. The van der Waals surface area contributed by atoms with Crippen molar-refractivity contribution in [2.24, 2.45) is 5.92 Å². The summed E-state index contributed by atoms with van der Waals surface area (Å²) >= 11 is 0. The van der Waals surface area contributed by atoms with E-state index in [2.05, 4.69) is 17.4 Å². The molecule has 2 aliphatic heterocycles. The van der Waals surface area contributed by atoms with E-state index in [9.17, 15) is 10.1 Å². The molecule has 0 bridgehead atoms. The van der Waals surface area contributed by atoms with Crippen molar-refractivity contribution in [3.63, 3.8) is 0 Å². The van der Waals surface area contributed by atoms with Crippen molar-refractivity contribution >= 4 is 11.4 Å². The highest BCUT2D eigenvalue weighted by Gasteiger charge is 2.41. The van der Waals surface area contributed by atoms with E-state index in [1.54, 1.807) is 12.1 Å². The van der Waals surface area contributed by atoms with Gasteiger partial charge in [-0.2, -0.15) is 0 Å². The van der Waals surface area contributed by atoms with Crippen LogP contribution >= 0.6 is 0 Å². The normalized spacial score (nSPS) is 25.9. The molecule has 1 fully saturated rings. The van der Waals surface area contributed by atoms with Gasteiger partial charge in [-0.25, -0.2) is 0 Å². The van der Waals surface area contributed by atoms with Crippen molar-refractivity contribution in [1.82, 2.24) is 0 Å². The Kier molecular flexibility index (Phi) is 3.08. The predicted molar refractivity (Wildman–Crippen MR) is 82.7 cm³/mol. The van der Waals surface area contributed by atoms with Crippen LogP contribution in [0, 0.1) is 16.0 Å². The lowest BCUT2D eigenvalue weighted by Gasteiger charge is -2.36. The summed E-state index contributed by atoms with van der Waals surface area (Å²) in [6, 6.07) is 15.2. The van der Waals surface area contributed by atoms with Crippen LogP contribution in [0.5, 0.6) is 0 Å². The van der Waals surface area contributed by atoms with Gasteiger partial charge in [0.15, 0.2) is 0 Å². The molecule has 2 aromatic rings. The summed E-state index contributed by atoms with van der Waals surface area (Å²) in [5.74, 6) is 0.358. The summed E-state index contributed by atoms with van der Waals surface area (Å²) in [4.78, 5) is 10.4. The number of nitrogens with zero attached hydrogens (tertiary/aromatic N) is 1. The average Bonchev–Trinajstić information content (AvgIpc) is 3.04. The van der Waals surface area contributed by atoms with E-state index in [1.165, 1.54) is 5.56 Å². The highest BCUT2D eigenvalue weighted by Crippen LogP contribution is 2.49. The molecule has 5 nitrogen and oxygen atoms in total. The number of rotatable bonds is 2. The Hall–Kier alpha value is -2.40. The Labute approximate surface area is 128 Å². The molecule has 0 aliphatic carbocycles. The zero-order valence-electron chi connectivity index (χ0n) is 11.9. The smallest absolute Gasteiger partial charge is 0.269 e. The first kappa shape index (κ1) is 13.3. The highest BCUT2D eigenvalue weighted by atomic mass is 16.6. The van der Waals surface area contributed by atoms with Crippen molar-refractivity contribution in [2.45, 2.75) is 18.6 Å².